The number of nitrogens with two attached hydrogens (primary N) is 1. The SMILES string of the molecule is CCC[C@@H](NC(=O)N1C(=O)[C@H](CC2=CC(N)=NCC2)[C@H]1C(=O)O)c1ccc2c(c1)OC(F)(F)O2. The van der Waals surface area contributed by atoms with Crippen LogP contribution in [0.25, 0.3) is 0 Å². The lowest BCUT2D eigenvalue weighted by Crippen LogP contribution is -2.68. The molecular formula is C22H24F2N4O6. The van der Waals surface area contributed by atoms with Gasteiger partial charge < -0.3 is 25.6 Å². The monoisotopic (exact) mass is 478 g/mol. The van der Waals surface area contributed by atoms with Crippen LogP contribution in [0.15, 0.2) is 34.8 Å². The molecule has 0 aliphatic carbocycles. The summed E-state index contributed by atoms with van der Waals surface area (Å²) < 4.78 is 35.6. The van der Waals surface area contributed by atoms with Crippen molar-refractivity contribution in [2.75, 3.05) is 6.54 Å². The first-order chi connectivity index (χ1) is 16.1. The van der Waals surface area contributed by atoms with Gasteiger partial charge in [0.1, 0.15) is 5.84 Å². The molecule has 12 heteroatoms. The van der Waals surface area contributed by atoms with Crippen molar-refractivity contribution in [1.29, 1.82) is 0 Å². The van der Waals surface area contributed by atoms with Crippen molar-refractivity contribution in [3.8, 4) is 11.5 Å². The van der Waals surface area contributed by atoms with Crippen LogP contribution in [0, 0.1) is 5.92 Å². The number of urea groups is 1. The molecule has 3 atom stereocenters. The van der Waals surface area contributed by atoms with Gasteiger partial charge in [-0.25, -0.2) is 14.5 Å². The predicted octanol–water partition coefficient (Wildman–Crippen LogP) is 2.55. The number of nitrogens with zero attached hydrogens (tertiary/aromatic N) is 2. The fraction of sp³-hybridized carbons (Fsp3) is 0.455. The second-order valence-electron chi connectivity index (χ2n) is 8.33. The van der Waals surface area contributed by atoms with Crippen molar-refractivity contribution in [3.05, 3.63) is 35.4 Å². The zero-order chi connectivity index (χ0) is 24.6. The molecule has 4 rings (SSSR count). The number of fused-ring (bicyclic) bond motifs is 1. The first kappa shape index (κ1) is 23.5. The Bertz CT molecular complexity index is 1090. The quantitative estimate of drug-likeness (QED) is 0.511. The number of carbonyl (C=O) groups is 3. The molecule has 1 aromatic carbocycles. The Morgan fingerprint density at radius 1 is 1.35 bits per heavy atom. The number of aliphatic carboxylic acids is 1. The summed E-state index contributed by atoms with van der Waals surface area (Å²) in [5, 5.41) is 12.3. The van der Waals surface area contributed by atoms with E-state index in [0.717, 1.165) is 5.57 Å². The Labute approximate surface area is 193 Å². The number of ether oxygens (including phenoxy) is 2. The first-order valence-electron chi connectivity index (χ1n) is 10.8. The molecular weight excluding hydrogens is 454 g/mol. The summed E-state index contributed by atoms with van der Waals surface area (Å²) in [5.74, 6) is -2.78. The summed E-state index contributed by atoms with van der Waals surface area (Å²) >= 11 is 0. The average molecular weight is 478 g/mol. The van der Waals surface area contributed by atoms with E-state index in [4.69, 9.17) is 5.73 Å². The van der Waals surface area contributed by atoms with Crippen molar-refractivity contribution in [3.63, 3.8) is 0 Å². The number of aliphatic imine (C=N–C) groups is 1. The summed E-state index contributed by atoms with van der Waals surface area (Å²) in [7, 11) is 0. The van der Waals surface area contributed by atoms with E-state index >= 15 is 0 Å². The van der Waals surface area contributed by atoms with E-state index in [1.54, 1.807) is 6.08 Å². The van der Waals surface area contributed by atoms with Gasteiger partial charge in [-0.1, -0.05) is 25.0 Å². The Kier molecular flexibility index (Phi) is 6.15. The molecule has 0 radical (unpaired) electrons. The number of carbonyl (C=O) groups excluding carboxylic acids is 2. The molecule has 3 aliphatic rings. The number of carboxylic acid groups (broad SMARTS) is 1. The molecule has 10 nitrogen and oxygen atoms in total. The summed E-state index contributed by atoms with van der Waals surface area (Å²) in [6, 6.07) is 1.27. The van der Waals surface area contributed by atoms with Crippen molar-refractivity contribution < 1.29 is 37.7 Å². The fourth-order valence-electron chi connectivity index (χ4n) is 4.37. The lowest BCUT2D eigenvalue weighted by Gasteiger charge is -2.43. The maximum Gasteiger partial charge on any atom is 0.586 e. The minimum absolute atomic E-state index is 0.135. The zero-order valence-corrected chi connectivity index (χ0v) is 18.3. The summed E-state index contributed by atoms with van der Waals surface area (Å²) in [4.78, 5) is 42.3. The lowest BCUT2D eigenvalue weighted by atomic mass is 9.81. The highest BCUT2D eigenvalue weighted by molar-refractivity contribution is 6.07. The molecule has 0 saturated carbocycles. The highest BCUT2D eigenvalue weighted by Gasteiger charge is 2.55. The number of rotatable bonds is 7. The molecule has 182 valence electrons. The third-order valence-corrected chi connectivity index (χ3v) is 5.95. The van der Waals surface area contributed by atoms with E-state index in [0.29, 0.717) is 42.1 Å². The van der Waals surface area contributed by atoms with Gasteiger partial charge in [-0.15, -0.1) is 8.78 Å². The number of imide groups is 1. The molecule has 1 fully saturated rings. The number of alkyl halides is 2. The van der Waals surface area contributed by atoms with E-state index in [-0.39, 0.29) is 17.9 Å². The molecule has 1 saturated heterocycles. The second kappa shape index (κ2) is 8.92. The standard InChI is InChI=1S/C22H24F2N4O6/c1-2-3-14(12-4-5-15-16(10-12)34-22(23,24)33-15)27-21(32)28-18(20(30)31)13(19(28)29)8-11-6-7-26-17(25)9-11/h4-5,9-10,13-14,18H,2-3,6-8H2,1H3,(H2,25,26)(H,27,32)(H,30,31)/t13-,14-,18+/m1/s1. The lowest BCUT2D eigenvalue weighted by molar-refractivity contribution is -0.286. The van der Waals surface area contributed by atoms with Gasteiger partial charge in [-0.3, -0.25) is 9.79 Å². The molecule has 0 spiro atoms. The Hall–Kier alpha value is -3.70. The van der Waals surface area contributed by atoms with Gasteiger partial charge in [-0.05, 0) is 43.0 Å². The van der Waals surface area contributed by atoms with Gasteiger partial charge in [0, 0.05) is 6.54 Å². The van der Waals surface area contributed by atoms with Crippen molar-refractivity contribution in [2.24, 2.45) is 16.6 Å². The van der Waals surface area contributed by atoms with Crippen LogP contribution in [0.2, 0.25) is 0 Å². The molecule has 34 heavy (non-hydrogen) atoms. The minimum atomic E-state index is -3.78. The largest absolute Gasteiger partial charge is 0.586 e. The van der Waals surface area contributed by atoms with Crippen LogP contribution < -0.4 is 20.5 Å². The Morgan fingerprint density at radius 3 is 2.76 bits per heavy atom. The molecule has 1 aromatic rings. The highest BCUT2D eigenvalue weighted by atomic mass is 19.3. The topological polar surface area (TPSA) is 144 Å². The molecule has 4 N–H and O–H groups in total. The van der Waals surface area contributed by atoms with Gasteiger partial charge in [0.05, 0.1) is 12.0 Å². The highest BCUT2D eigenvalue weighted by Crippen LogP contribution is 2.42. The van der Waals surface area contributed by atoms with Crippen LogP contribution in [0.5, 0.6) is 11.5 Å². The van der Waals surface area contributed by atoms with Crippen LogP contribution >= 0.6 is 0 Å². The number of hydrogen-bond donors (Lipinski definition) is 3. The summed E-state index contributed by atoms with van der Waals surface area (Å²) in [6.45, 7) is 2.32. The molecule has 0 aromatic heterocycles. The van der Waals surface area contributed by atoms with E-state index in [1.165, 1.54) is 18.2 Å². The number of nitrogens with one attached hydrogen (secondary N) is 1. The van der Waals surface area contributed by atoms with Gasteiger partial charge in [0.15, 0.2) is 17.5 Å². The maximum absolute atomic E-state index is 13.3. The van der Waals surface area contributed by atoms with Crippen molar-refractivity contribution in [2.45, 2.75) is 51.0 Å². The number of β-lactam (4-membered cyclic amide) rings is 1. The number of hydrogen-bond acceptors (Lipinski definition) is 7. The fourth-order valence-corrected chi connectivity index (χ4v) is 4.37. The van der Waals surface area contributed by atoms with Crippen molar-refractivity contribution >= 4 is 23.7 Å². The van der Waals surface area contributed by atoms with Crippen LogP contribution in [-0.2, 0) is 9.59 Å². The predicted molar refractivity (Wildman–Crippen MR) is 114 cm³/mol. The van der Waals surface area contributed by atoms with Crippen LogP contribution in [0.4, 0.5) is 13.6 Å². The second-order valence-corrected chi connectivity index (χ2v) is 8.33. The van der Waals surface area contributed by atoms with Gasteiger partial charge in [0.2, 0.25) is 5.91 Å². The number of likely N-dealkylation sites (tertiary alicyclic amines) is 1. The minimum Gasteiger partial charge on any atom is -0.480 e. The summed E-state index contributed by atoms with van der Waals surface area (Å²) in [6.07, 6.45) is -0.390. The first-order valence-corrected chi connectivity index (χ1v) is 10.8. The molecule has 0 bridgehead atoms. The van der Waals surface area contributed by atoms with E-state index in [2.05, 4.69) is 19.8 Å². The van der Waals surface area contributed by atoms with E-state index in [1.807, 2.05) is 6.92 Å². The smallest absolute Gasteiger partial charge is 0.480 e. The Morgan fingerprint density at radius 2 is 2.09 bits per heavy atom. The van der Waals surface area contributed by atoms with Gasteiger partial charge >= 0.3 is 18.3 Å². The van der Waals surface area contributed by atoms with E-state index < -0.39 is 42.2 Å². The molecule has 0 unspecified atom stereocenters. The maximum atomic E-state index is 13.3. The van der Waals surface area contributed by atoms with Crippen LogP contribution in [0.3, 0.4) is 0 Å². The molecule has 3 amide bonds. The van der Waals surface area contributed by atoms with Crippen LogP contribution in [0.1, 0.15) is 44.2 Å². The molecule has 3 heterocycles. The molecule has 3 aliphatic heterocycles. The average Bonchev–Trinajstić information content (AvgIpc) is 3.07. The van der Waals surface area contributed by atoms with Crippen molar-refractivity contribution in [1.82, 2.24) is 10.2 Å². The third-order valence-electron chi connectivity index (χ3n) is 5.95. The zero-order valence-electron chi connectivity index (χ0n) is 18.3. The number of dihydropyridines is 1. The number of amides is 3. The number of carboxylic acids is 1. The van der Waals surface area contributed by atoms with E-state index in [9.17, 15) is 28.3 Å². The normalized spacial score (nSPS) is 23.5. The Balaban J connectivity index is 1.48. The van der Waals surface area contributed by atoms with Gasteiger partial charge in [-0.2, -0.15) is 0 Å². The number of benzene rings is 1. The van der Waals surface area contributed by atoms with Gasteiger partial charge in [0.25, 0.3) is 0 Å². The third kappa shape index (κ3) is 4.52. The summed E-state index contributed by atoms with van der Waals surface area (Å²) in [5.41, 5.74) is 6.95. The number of halogens is 2. The number of amidine groups is 1. The van der Waals surface area contributed by atoms with Crippen LogP contribution in [-0.4, -0.2) is 52.6 Å².